The second-order valence-electron chi connectivity index (χ2n) is 6.75. The zero-order valence-electron chi connectivity index (χ0n) is 16.4. The molecule has 3 aromatic carbocycles. The van der Waals surface area contributed by atoms with Crippen molar-refractivity contribution in [2.75, 3.05) is 7.11 Å². The van der Waals surface area contributed by atoms with Crippen LogP contribution >= 0.6 is 0 Å². The molecule has 0 aromatic heterocycles. The number of rotatable bonds is 5. The van der Waals surface area contributed by atoms with E-state index in [-0.39, 0.29) is 18.1 Å². The molecule has 0 spiro atoms. The maximum Gasteiger partial charge on any atom is 0.337 e. The zero-order chi connectivity index (χ0) is 22.0. The van der Waals surface area contributed by atoms with Crippen LogP contribution in [0.5, 0.6) is 11.5 Å². The number of hydrogen-bond donors (Lipinski definition) is 0. The van der Waals surface area contributed by atoms with Crippen molar-refractivity contribution < 1.29 is 32.6 Å². The summed E-state index contributed by atoms with van der Waals surface area (Å²) in [5.41, 5.74) is 1.94. The number of ketones is 1. The molecule has 0 saturated carbocycles. The number of carbonyl (C=O) groups is 2. The Morgan fingerprint density at radius 1 is 1.00 bits per heavy atom. The van der Waals surface area contributed by atoms with Gasteiger partial charge in [-0.05, 0) is 53.6 Å². The molecule has 156 valence electrons. The van der Waals surface area contributed by atoms with E-state index < -0.39 is 17.6 Å². The minimum atomic E-state index is -1.01. The molecule has 1 heterocycles. The lowest BCUT2D eigenvalue weighted by molar-refractivity contribution is 0.0600. The second kappa shape index (κ2) is 8.39. The molecular formula is C24H16F2O5. The highest BCUT2D eigenvalue weighted by Gasteiger charge is 2.27. The molecule has 5 nitrogen and oxygen atoms in total. The molecule has 0 saturated heterocycles. The van der Waals surface area contributed by atoms with E-state index in [1.54, 1.807) is 42.5 Å². The zero-order valence-corrected chi connectivity index (χ0v) is 16.4. The van der Waals surface area contributed by atoms with Gasteiger partial charge in [0.15, 0.2) is 17.4 Å². The summed E-state index contributed by atoms with van der Waals surface area (Å²) in [6, 6.07) is 14.9. The highest BCUT2D eigenvalue weighted by Crippen LogP contribution is 2.35. The van der Waals surface area contributed by atoms with Crippen molar-refractivity contribution in [3.63, 3.8) is 0 Å². The van der Waals surface area contributed by atoms with E-state index in [0.717, 1.165) is 17.7 Å². The maximum absolute atomic E-state index is 13.4. The molecule has 0 bridgehead atoms. The lowest BCUT2D eigenvalue weighted by atomic mass is 10.1. The summed E-state index contributed by atoms with van der Waals surface area (Å²) >= 11 is 0. The predicted molar refractivity (Wildman–Crippen MR) is 108 cm³/mol. The van der Waals surface area contributed by atoms with Gasteiger partial charge in [-0.15, -0.1) is 0 Å². The van der Waals surface area contributed by atoms with Crippen LogP contribution in [0.25, 0.3) is 6.08 Å². The summed E-state index contributed by atoms with van der Waals surface area (Å²) in [6.07, 6.45) is 1.36. The van der Waals surface area contributed by atoms with Crippen LogP contribution in [0.1, 0.15) is 31.8 Å². The van der Waals surface area contributed by atoms with Crippen LogP contribution < -0.4 is 9.47 Å². The van der Waals surface area contributed by atoms with Gasteiger partial charge in [-0.2, -0.15) is 0 Å². The average molecular weight is 422 g/mol. The van der Waals surface area contributed by atoms with Crippen LogP contribution in [0.4, 0.5) is 8.78 Å². The molecule has 31 heavy (non-hydrogen) atoms. The minimum Gasteiger partial charge on any atom is -0.489 e. The van der Waals surface area contributed by atoms with Gasteiger partial charge < -0.3 is 14.2 Å². The SMILES string of the molecule is COC(=O)c1ccc(COc2ccc3c(c2)O/C(=C\c2ccc(F)c(F)c2)C3=O)cc1. The van der Waals surface area contributed by atoms with E-state index >= 15 is 0 Å². The summed E-state index contributed by atoms with van der Waals surface area (Å²) in [7, 11) is 1.32. The molecule has 7 heteroatoms. The van der Waals surface area contributed by atoms with Crippen LogP contribution in [0, 0.1) is 11.6 Å². The molecular weight excluding hydrogens is 406 g/mol. The maximum atomic E-state index is 13.4. The van der Waals surface area contributed by atoms with Crippen molar-refractivity contribution in [3.05, 3.63) is 100 Å². The molecule has 0 fully saturated rings. The van der Waals surface area contributed by atoms with Gasteiger partial charge >= 0.3 is 5.97 Å². The normalized spacial score (nSPS) is 13.6. The van der Waals surface area contributed by atoms with Crippen LogP contribution in [0.3, 0.4) is 0 Å². The van der Waals surface area contributed by atoms with E-state index in [2.05, 4.69) is 4.74 Å². The summed E-state index contributed by atoms with van der Waals surface area (Å²) in [5.74, 6) is -1.94. The number of halogens is 2. The molecule has 0 aliphatic carbocycles. The first-order valence-electron chi connectivity index (χ1n) is 9.28. The van der Waals surface area contributed by atoms with Crippen molar-refractivity contribution in [1.82, 2.24) is 0 Å². The quantitative estimate of drug-likeness (QED) is 0.430. The van der Waals surface area contributed by atoms with Crippen LogP contribution in [-0.2, 0) is 11.3 Å². The van der Waals surface area contributed by atoms with Crippen molar-refractivity contribution in [3.8, 4) is 11.5 Å². The molecule has 0 radical (unpaired) electrons. The Hall–Kier alpha value is -4.00. The smallest absolute Gasteiger partial charge is 0.337 e. The first-order chi connectivity index (χ1) is 14.9. The van der Waals surface area contributed by atoms with Crippen molar-refractivity contribution in [2.45, 2.75) is 6.61 Å². The Morgan fingerprint density at radius 2 is 1.77 bits per heavy atom. The lowest BCUT2D eigenvalue weighted by Crippen LogP contribution is -2.02. The number of allylic oxidation sites excluding steroid dienone is 1. The number of carbonyl (C=O) groups excluding carboxylic acids is 2. The Labute approximate surface area is 176 Å². The summed E-state index contributed by atoms with van der Waals surface area (Å²) < 4.78 is 42.5. The van der Waals surface area contributed by atoms with Crippen LogP contribution in [0.15, 0.2) is 66.4 Å². The van der Waals surface area contributed by atoms with Gasteiger partial charge in [0, 0.05) is 6.07 Å². The van der Waals surface area contributed by atoms with Gasteiger partial charge in [-0.25, -0.2) is 13.6 Å². The topological polar surface area (TPSA) is 61.8 Å². The molecule has 0 unspecified atom stereocenters. The van der Waals surface area contributed by atoms with Gasteiger partial charge in [0.2, 0.25) is 5.78 Å². The second-order valence-corrected chi connectivity index (χ2v) is 6.75. The van der Waals surface area contributed by atoms with Crippen molar-refractivity contribution in [1.29, 1.82) is 0 Å². The molecule has 1 aliphatic rings. The fourth-order valence-corrected chi connectivity index (χ4v) is 3.03. The number of benzene rings is 3. The Balaban J connectivity index is 1.46. The van der Waals surface area contributed by atoms with Gasteiger partial charge in [0.25, 0.3) is 0 Å². The van der Waals surface area contributed by atoms with Crippen LogP contribution in [0.2, 0.25) is 0 Å². The number of esters is 1. The van der Waals surface area contributed by atoms with E-state index in [1.165, 1.54) is 19.3 Å². The number of hydrogen-bond acceptors (Lipinski definition) is 5. The summed E-state index contributed by atoms with van der Waals surface area (Å²) in [6.45, 7) is 0.242. The van der Waals surface area contributed by atoms with Gasteiger partial charge in [-0.3, -0.25) is 4.79 Å². The minimum absolute atomic E-state index is 0.0107. The third kappa shape index (κ3) is 4.30. The molecule has 0 amide bonds. The Bertz CT molecular complexity index is 1200. The van der Waals surface area contributed by atoms with Crippen molar-refractivity contribution in [2.24, 2.45) is 0 Å². The van der Waals surface area contributed by atoms with Crippen molar-refractivity contribution >= 4 is 17.8 Å². The van der Waals surface area contributed by atoms with E-state index in [0.29, 0.717) is 28.2 Å². The Morgan fingerprint density at radius 3 is 2.48 bits per heavy atom. The predicted octanol–water partition coefficient (Wildman–Crippen LogP) is 4.95. The largest absolute Gasteiger partial charge is 0.489 e. The molecule has 0 atom stereocenters. The first kappa shape index (κ1) is 20.3. The average Bonchev–Trinajstić information content (AvgIpc) is 3.09. The number of methoxy groups -OCH3 is 1. The fraction of sp³-hybridized carbons (Fsp3) is 0.0833. The molecule has 0 N–H and O–H groups in total. The monoisotopic (exact) mass is 422 g/mol. The van der Waals surface area contributed by atoms with Crippen LogP contribution in [-0.4, -0.2) is 18.9 Å². The number of fused-ring (bicyclic) bond motifs is 1. The number of Topliss-reactive ketones (excluding diaryl/α,β-unsaturated/α-hetero) is 1. The fourth-order valence-electron chi connectivity index (χ4n) is 3.03. The molecule has 4 rings (SSSR count). The highest BCUT2D eigenvalue weighted by atomic mass is 19.2. The third-order valence-electron chi connectivity index (χ3n) is 4.66. The third-order valence-corrected chi connectivity index (χ3v) is 4.66. The number of ether oxygens (including phenoxy) is 3. The molecule has 3 aromatic rings. The Kier molecular flexibility index (Phi) is 5.49. The summed E-state index contributed by atoms with van der Waals surface area (Å²) in [5, 5.41) is 0. The van der Waals surface area contributed by atoms with Gasteiger partial charge in [0.1, 0.15) is 18.1 Å². The highest BCUT2D eigenvalue weighted by molar-refractivity contribution is 6.14. The summed E-state index contributed by atoms with van der Waals surface area (Å²) in [4.78, 5) is 24.0. The van der Waals surface area contributed by atoms with Gasteiger partial charge in [0.05, 0.1) is 18.2 Å². The lowest BCUT2D eigenvalue weighted by Gasteiger charge is -2.08. The van der Waals surface area contributed by atoms with E-state index in [9.17, 15) is 18.4 Å². The van der Waals surface area contributed by atoms with Gasteiger partial charge in [-0.1, -0.05) is 18.2 Å². The van der Waals surface area contributed by atoms with E-state index in [1.807, 2.05) is 0 Å². The standard InChI is InChI=1S/C24H16F2O5/c1-29-24(28)16-5-2-14(3-6-16)13-30-17-7-8-18-21(12-17)31-22(23(18)27)11-15-4-9-19(25)20(26)10-15/h2-12H,13H2,1H3/b22-11-. The first-order valence-corrected chi connectivity index (χ1v) is 9.28. The van der Waals surface area contributed by atoms with E-state index in [4.69, 9.17) is 9.47 Å². The molecule has 1 aliphatic heterocycles.